The van der Waals surface area contributed by atoms with Crippen LogP contribution in [-0.2, 0) is 0 Å². The number of nitrogens with zero attached hydrogens (tertiary/aromatic N) is 2. The van der Waals surface area contributed by atoms with E-state index in [-0.39, 0.29) is 0 Å². The van der Waals surface area contributed by atoms with Gasteiger partial charge in [0.15, 0.2) is 0 Å². The molecule has 1 aromatic carbocycles. The minimum Gasteiger partial charge on any atom is -0.437 e. The molecule has 1 aromatic heterocycles. The minimum atomic E-state index is 0.353. The number of nitriles is 1. The van der Waals surface area contributed by atoms with Crippen molar-refractivity contribution in [2.45, 2.75) is 6.92 Å². The lowest BCUT2D eigenvalue weighted by Crippen LogP contribution is -1.92. The predicted molar refractivity (Wildman–Crippen MR) is 72.9 cm³/mol. The van der Waals surface area contributed by atoms with E-state index < -0.39 is 0 Å². The van der Waals surface area contributed by atoms with E-state index in [9.17, 15) is 0 Å². The Morgan fingerprint density at radius 2 is 2.11 bits per heavy atom. The van der Waals surface area contributed by atoms with E-state index >= 15 is 0 Å². The monoisotopic (exact) mass is 322 g/mol. The van der Waals surface area contributed by atoms with Crippen LogP contribution in [0.15, 0.2) is 34.8 Å². The zero-order chi connectivity index (χ0) is 13.1. The summed E-state index contributed by atoms with van der Waals surface area (Å²) < 4.78 is 6.45. The molecule has 0 spiro atoms. The lowest BCUT2D eigenvalue weighted by Gasteiger charge is -2.08. The third-order valence-corrected chi connectivity index (χ3v) is 2.97. The Morgan fingerprint density at radius 3 is 2.83 bits per heavy atom. The highest BCUT2D eigenvalue weighted by molar-refractivity contribution is 9.10. The Morgan fingerprint density at radius 1 is 1.33 bits per heavy atom. The zero-order valence-corrected chi connectivity index (χ0v) is 11.8. The van der Waals surface area contributed by atoms with Crippen LogP contribution in [0.2, 0.25) is 5.02 Å². The molecule has 90 valence electrons. The average Bonchev–Trinajstić information content (AvgIpc) is 2.33. The van der Waals surface area contributed by atoms with Crippen molar-refractivity contribution in [3.05, 3.63) is 51.1 Å². The van der Waals surface area contributed by atoms with E-state index in [1.165, 1.54) is 0 Å². The van der Waals surface area contributed by atoms with Crippen LogP contribution >= 0.6 is 27.5 Å². The number of rotatable bonds is 2. The SMILES string of the molecule is Cc1cc(C#N)cc(Oc2cc(Br)ccc2Cl)n1. The van der Waals surface area contributed by atoms with Crippen molar-refractivity contribution >= 4 is 27.5 Å². The molecule has 2 aromatic rings. The van der Waals surface area contributed by atoms with Gasteiger partial charge in [0.1, 0.15) is 5.75 Å². The molecule has 0 aliphatic rings. The Balaban J connectivity index is 2.37. The van der Waals surface area contributed by atoms with E-state index in [1.807, 2.05) is 6.07 Å². The summed E-state index contributed by atoms with van der Waals surface area (Å²) in [6.45, 7) is 1.80. The molecule has 1 heterocycles. The fourth-order valence-electron chi connectivity index (χ4n) is 1.42. The molecule has 0 amide bonds. The van der Waals surface area contributed by atoms with Gasteiger partial charge >= 0.3 is 0 Å². The topological polar surface area (TPSA) is 45.9 Å². The molecule has 5 heteroatoms. The average molecular weight is 324 g/mol. The quantitative estimate of drug-likeness (QED) is 0.819. The van der Waals surface area contributed by atoms with Crippen LogP contribution in [0.1, 0.15) is 11.3 Å². The largest absolute Gasteiger partial charge is 0.437 e. The summed E-state index contributed by atoms with van der Waals surface area (Å²) in [4.78, 5) is 4.20. The van der Waals surface area contributed by atoms with Gasteiger partial charge in [-0.3, -0.25) is 0 Å². The van der Waals surface area contributed by atoms with Crippen molar-refractivity contribution in [2.75, 3.05) is 0 Å². The number of aromatic nitrogens is 1. The number of hydrogen-bond donors (Lipinski definition) is 0. The maximum atomic E-state index is 8.88. The van der Waals surface area contributed by atoms with Crippen LogP contribution in [0, 0.1) is 18.3 Å². The van der Waals surface area contributed by atoms with Gasteiger partial charge in [-0.15, -0.1) is 0 Å². The Hall–Kier alpha value is -1.57. The van der Waals surface area contributed by atoms with Gasteiger partial charge in [-0.25, -0.2) is 4.98 Å². The first-order valence-corrected chi connectivity index (χ1v) is 6.27. The van der Waals surface area contributed by atoms with E-state index in [0.29, 0.717) is 22.2 Å². The second-order valence-electron chi connectivity index (χ2n) is 3.62. The molecule has 0 saturated heterocycles. The molecule has 0 bridgehead atoms. The summed E-state index contributed by atoms with van der Waals surface area (Å²) in [6, 6.07) is 10.6. The van der Waals surface area contributed by atoms with Crippen molar-refractivity contribution < 1.29 is 4.74 Å². The number of halogens is 2. The van der Waals surface area contributed by atoms with Crippen LogP contribution in [0.25, 0.3) is 0 Å². The highest BCUT2D eigenvalue weighted by atomic mass is 79.9. The summed E-state index contributed by atoms with van der Waals surface area (Å²) in [7, 11) is 0. The maximum Gasteiger partial charge on any atom is 0.220 e. The van der Waals surface area contributed by atoms with Crippen molar-refractivity contribution in [3.63, 3.8) is 0 Å². The number of pyridine rings is 1. The molecule has 2 rings (SSSR count). The van der Waals surface area contributed by atoms with Gasteiger partial charge in [0, 0.05) is 16.2 Å². The highest BCUT2D eigenvalue weighted by Crippen LogP contribution is 2.31. The summed E-state index contributed by atoms with van der Waals surface area (Å²) >= 11 is 9.36. The highest BCUT2D eigenvalue weighted by Gasteiger charge is 2.06. The minimum absolute atomic E-state index is 0.353. The zero-order valence-electron chi connectivity index (χ0n) is 9.45. The van der Waals surface area contributed by atoms with E-state index in [1.54, 1.807) is 31.2 Å². The van der Waals surface area contributed by atoms with Crippen LogP contribution in [0.3, 0.4) is 0 Å². The third-order valence-electron chi connectivity index (χ3n) is 2.17. The Labute approximate surface area is 118 Å². The fraction of sp³-hybridized carbons (Fsp3) is 0.0769. The molecule has 0 saturated carbocycles. The molecule has 0 atom stereocenters. The first-order chi connectivity index (χ1) is 8.58. The molecule has 0 fully saturated rings. The van der Waals surface area contributed by atoms with Crippen molar-refractivity contribution in [3.8, 4) is 17.7 Å². The predicted octanol–water partition coefficient (Wildman–Crippen LogP) is 4.47. The molecule has 0 aliphatic heterocycles. The molecule has 18 heavy (non-hydrogen) atoms. The molecule has 3 nitrogen and oxygen atoms in total. The molecular formula is C13H8BrClN2O. The summed E-state index contributed by atoms with van der Waals surface area (Å²) in [5.74, 6) is 0.847. The molecule has 0 unspecified atom stereocenters. The van der Waals surface area contributed by atoms with Crippen molar-refractivity contribution in [1.82, 2.24) is 4.98 Å². The number of ether oxygens (including phenoxy) is 1. The second-order valence-corrected chi connectivity index (χ2v) is 4.95. The molecule has 0 radical (unpaired) electrons. The third kappa shape index (κ3) is 3.00. The van der Waals surface area contributed by atoms with Crippen molar-refractivity contribution in [2.24, 2.45) is 0 Å². The summed E-state index contributed by atoms with van der Waals surface area (Å²) in [6.07, 6.45) is 0. The van der Waals surface area contributed by atoms with Gasteiger partial charge in [0.2, 0.25) is 5.88 Å². The van der Waals surface area contributed by atoms with Gasteiger partial charge < -0.3 is 4.74 Å². The van der Waals surface area contributed by atoms with Gasteiger partial charge in [0.05, 0.1) is 16.7 Å². The van der Waals surface area contributed by atoms with Crippen LogP contribution in [0.4, 0.5) is 0 Å². The Kier molecular flexibility index (Phi) is 3.85. The van der Waals surface area contributed by atoms with Gasteiger partial charge in [-0.05, 0) is 31.2 Å². The van der Waals surface area contributed by atoms with Crippen LogP contribution in [-0.4, -0.2) is 4.98 Å². The first-order valence-electron chi connectivity index (χ1n) is 5.10. The van der Waals surface area contributed by atoms with Crippen LogP contribution < -0.4 is 4.74 Å². The Bertz CT molecular complexity index is 637. The lowest BCUT2D eigenvalue weighted by atomic mass is 10.2. The second kappa shape index (κ2) is 5.38. The summed E-state index contributed by atoms with van der Waals surface area (Å²) in [5.41, 5.74) is 1.22. The smallest absolute Gasteiger partial charge is 0.220 e. The van der Waals surface area contributed by atoms with Gasteiger partial charge in [-0.2, -0.15) is 5.26 Å². The lowest BCUT2D eigenvalue weighted by molar-refractivity contribution is 0.461. The first kappa shape index (κ1) is 12.9. The molecule has 0 N–H and O–H groups in total. The standard InChI is InChI=1S/C13H8BrClN2O/c1-8-4-9(7-16)5-13(17-8)18-12-6-10(14)2-3-11(12)15/h2-6H,1H3. The van der Waals surface area contributed by atoms with Gasteiger partial charge in [0.25, 0.3) is 0 Å². The van der Waals surface area contributed by atoms with Crippen molar-refractivity contribution in [1.29, 1.82) is 5.26 Å². The molecular weight excluding hydrogens is 316 g/mol. The molecule has 0 aliphatic carbocycles. The van der Waals surface area contributed by atoms with E-state index in [2.05, 4.69) is 27.0 Å². The number of hydrogen-bond acceptors (Lipinski definition) is 3. The normalized spacial score (nSPS) is 9.89. The van der Waals surface area contributed by atoms with Gasteiger partial charge in [-0.1, -0.05) is 27.5 Å². The fourth-order valence-corrected chi connectivity index (χ4v) is 1.92. The summed E-state index contributed by atoms with van der Waals surface area (Å²) in [5, 5.41) is 9.37. The number of benzene rings is 1. The van der Waals surface area contributed by atoms with E-state index in [0.717, 1.165) is 10.2 Å². The number of aryl methyl sites for hydroxylation is 1. The van der Waals surface area contributed by atoms with Crippen LogP contribution in [0.5, 0.6) is 11.6 Å². The van der Waals surface area contributed by atoms with E-state index in [4.69, 9.17) is 21.6 Å². The maximum absolute atomic E-state index is 8.88.